The predicted molar refractivity (Wildman–Crippen MR) is 87.5 cm³/mol. The molecule has 6 heteroatoms. The fourth-order valence-electron chi connectivity index (χ4n) is 1.93. The lowest BCUT2D eigenvalue weighted by Gasteiger charge is -2.15. The van der Waals surface area contributed by atoms with Crippen molar-refractivity contribution in [3.63, 3.8) is 0 Å². The van der Waals surface area contributed by atoms with Crippen LogP contribution in [0.4, 0.5) is 5.69 Å². The number of non-ortho nitro benzene ring substituents is 1. The molecule has 2 aromatic rings. The summed E-state index contributed by atoms with van der Waals surface area (Å²) in [7, 11) is 0. The van der Waals surface area contributed by atoms with E-state index in [2.05, 4.69) is 28.2 Å². The van der Waals surface area contributed by atoms with Crippen LogP contribution in [-0.4, -0.2) is 4.92 Å². The van der Waals surface area contributed by atoms with Gasteiger partial charge in [-0.2, -0.15) is 0 Å². The lowest BCUT2D eigenvalue weighted by Crippen LogP contribution is -2.18. The standard InChI is InChI=1S/C15H14BrClN2O2/c1-10(11-2-5-13(17)6-3-11)18-9-12-4-7-14(19(20)21)8-15(12)16/h2-8,10,18H,9H2,1H3/t10-/m1/s1. The molecule has 110 valence electrons. The number of hydrogen-bond acceptors (Lipinski definition) is 3. The van der Waals surface area contributed by atoms with Crippen molar-refractivity contribution >= 4 is 33.2 Å². The number of nitrogens with one attached hydrogen (secondary N) is 1. The molecule has 0 amide bonds. The van der Waals surface area contributed by atoms with Crippen LogP contribution < -0.4 is 5.32 Å². The maximum Gasteiger partial charge on any atom is 0.270 e. The summed E-state index contributed by atoms with van der Waals surface area (Å²) in [5, 5.41) is 14.8. The van der Waals surface area contributed by atoms with Crippen LogP contribution in [0, 0.1) is 10.1 Å². The summed E-state index contributed by atoms with van der Waals surface area (Å²) >= 11 is 9.24. The van der Waals surface area contributed by atoms with Crippen LogP contribution in [-0.2, 0) is 6.54 Å². The molecule has 21 heavy (non-hydrogen) atoms. The van der Waals surface area contributed by atoms with E-state index in [1.165, 1.54) is 12.1 Å². The second kappa shape index (κ2) is 7.02. The van der Waals surface area contributed by atoms with Gasteiger partial charge in [0, 0.05) is 34.2 Å². The van der Waals surface area contributed by atoms with E-state index < -0.39 is 4.92 Å². The van der Waals surface area contributed by atoms with Gasteiger partial charge in [0.2, 0.25) is 0 Å². The van der Waals surface area contributed by atoms with Crippen molar-refractivity contribution in [1.82, 2.24) is 5.32 Å². The number of nitro groups is 1. The minimum atomic E-state index is -0.404. The van der Waals surface area contributed by atoms with E-state index in [1.807, 2.05) is 24.3 Å². The van der Waals surface area contributed by atoms with Crippen molar-refractivity contribution in [2.24, 2.45) is 0 Å². The van der Waals surface area contributed by atoms with E-state index >= 15 is 0 Å². The van der Waals surface area contributed by atoms with Gasteiger partial charge in [0.25, 0.3) is 5.69 Å². The Labute approximate surface area is 136 Å². The Hall–Kier alpha value is -1.43. The highest BCUT2D eigenvalue weighted by atomic mass is 79.9. The molecule has 0 aliphatic carbocycles. The van der Waals surface area contributed by atoms with E-state index in [-0.39, 0.29) is 11.7 Å². The van der Waals surface area contributed by atoms with E-state index in [1.54, 1.807) is 6.07 Å². The Balaban J connectivity index is 2.02. The largest absolute Gasteiger partial charge is 0.306 e. The Morgan fingerprint density at radius 1 is 1.29 bits per heavy atom. The second-order valence-electron chi connectivity index (χ2n) is 4.69. The first-order valence-corrected chi connectivity index (χ1v) is 7.56. The smallest absolute Gasteiger partial charge is 0.270 e. The molecule has 0 unspecified atom stereocenters. The van der Waals surface area contributed by atoms with Crippen LogP contribution in [0.1, 0.15) is 24.1 Å². The van der Waals surface area contributed by atoms with E-state index in [9.17, 15) is 10.1 Å². The zero-order chi connectivity index (χ0) is 15.4. The quantitative estimate of drug-likeness (QED) is 0.605. The molecule has 0 bridgehead atoms. The van der Waals surface area contributed by atoms with Crippen molar-refractivity contribution in [1.29, 1.82) is 0 Å². The monoisotopic (exact) mass is 368 g/mol. The summed E-state index contributed by atoms with van der Waals surface area (Å²) < 4.78 is 0.729. The van der Waals surface area contributed by atoms with Gasteiger partial charge < -0.3 is 5.32 Å². The van der Waals surface area contributed by atoms with Crippen molar-refractivity contribution < 1.29 is 4.92 Å². The summed E-state index contributed by atoms with van der Waals surface area (Å²) in [5.74, 6) is 0. The molecule has 0 aliphatic rings. The average Bonchev–Trinajstić information content (AvgIpc) is 2.46. The first-order chi connectivity index (χ1) is 9.97. The number of nitro benzene ring substituents is 1. The lowest BCUT2D eigenvalue weighted by atomic mass is 10.1. The van der Waals surface area contributed by atoms with Crippen LogP contribution in [0.25, 0.3) is 0 Å². The third-order valence-electron chi connectivity index (χ3n) is 3.22. The zero-order valence-electron chi connectivity index (χ0n) is 11.3. The Bertz CT molecular complexity index is 647. The van der Waals surface area contributed by atoms with Gasteiger partial charge >= 0.3 is 0 Å². The van der Waals surface area contributed by atoms with E-state index in [0.717, 1.165) is 15.6 Å². The third-order valence-corrected chi connectivity index (χ3v) is 4.21. The topological polar surface area (TPSA) is 55.2 Å². The van der Waals surface area contributed by atoms with Gasteiger partial charge in [-0.1, -0.05) is 39.7 Å². The molecule has 0 fully saturated rings. The average molecular weight is 370 g/mol. The molecular weight excluding hydrogens is 356 g/mol. The molecule has 0 spiro atoms. The molecule has 0 aromatic heterocycles. The summed E-state index contributed by atoms with van der Waals surface area (Å²) in [6.45, 7) is 2.67. The van der Waals surface area contributed by atoms with Crippen molar-refractivity contribution in [2.75, 3.05) is 0 Å². The molecule has 1 atom stereocenters. The zero-order valence-corrected chi connectivity index (χ0v) is 13.7. The Morgan fingerprint density at radius 3 is 2.52 bits per heavy atom. The van der Waals surface area contributed by atoms with E-state index in [0.29, 0.717) is 11.6 Å². The van der Waals surface area contributed by atoms with Crippen LogP contribution in [0.15, 0.2) is 46.9 Å². The van der Waals surface area contributed by atoms with Crippen LogP contribution >= 0.6 is 27.5 Å². The maximum absolute atomic E-state index is 10.7. The van der Waals surface area contributed by atoms with Gasteiger partial charge in [-0.25, -0.2) is 0 Å². The Morgan fingerprint density at radius 2 is 1.95 bits per heavy atom. The summed E-state index contributed by atoms with van der Waals surface area (Å²) in [5.41, 5.74) is 2.19. The summed E-state index contributed by atoms with van der Waals surface area (Å²) in [6, 6.07) is 12.6. The second-order valence-corrected chi connectivity index (χ2v) is 5.98. The number of rotatable bonds is 5. The van der Waals surface area contributed by atoms with Gasteiger partial charge in [0.1, 0.15) is 0 Å². The van der Waals surface area contributed by atoms with Gasteiger partial charge in [-0.15, -0.1) is 0 Å². The van der Waals surface area contributed by atoms with Crippen molar-refractivity contribution in [2.45, 2.75) is 19.5 Å². The van der Waals surface area contributed by atoms with Crippen molar-refractivity contribution in [3.05, 3.63) is 73.2 Å². The first-order valence-electron chi connectivity index (χ1n) is 6.39. The fraction of sp³-hybridized carbons (Fsp3) is 0.200. The molecule has 2 rings (SSSR count). The minimum Gasteiger partial charge on any atom is -0.306 e. The third kappa shape index (κ3) is 4.27. The molecule has 1 N–H and O–H groups in total. The normalized spacial score (nSPS) is 12.1. The molecule has 0 saturated carbocycles. The lowest BCUT2D eigenvalue weighted by molar-refractivity contribution is -0.384. The number of hydrogen-bond donors (Lipinski definition) is 1. The fourth-order valence-corrected chi connectivity index (χ4v) is 2.56. The van der Waals surface area contributed by atoms with E-state index in [4.69, 9.17) is 11.6 Å². The van der Waals surface area contributed by atoms with Crippen LogP contribution in [0.5, 0.6) is 0 Å². The van der Waals surface area contributed by atoms with Crippen LogP contribution in [0.3, 0.4) is 0 Å². The highest BCUT2D eigenvalue weighted by Gasteiger charge is 2.10. The molecule has 2 aromatic carbocycles. The van der Waals surface area contributed by atoms with Gasteiger partial charge in [-0.3, -0.25) is 10.1 Å². The summed E-state index contributed by atoms with van der Waals surface area (Å²) in [6.07, 6.45) is 0. The number of halogens is 2. The molecule has 0 saturated heterocycles. The Kier molecular flexibility index (Phi) is 5.33. The summed E-state index contributed by atoms with van der Waals surface area (Å²) in [4.78, 5) is 10.3. The van der Waals surface area contributed by atoms with Gasteiger partial charge in [0.05, 0.1) is 4.92 Å². The highest BCUT2D eigenvalue weighted by Crippen LogP contribution is 2.24. The molecular formula is C15H14BrClN2O2. The minimum absolute atomic E-state index is 0.0800. The number of nitrogens with zero attached hydrogens (tertiary/aromatic N) is 1. The van der Waals surface area contributed by atoms with Gasteiger partial charge in [0.15, 0.2) is 0 Å². The molecule has 0 aliphatic heterocycles. The SMILES string of the molecule is C[C@@H](NCc1ccc([N+](=O)[O-])cc1Br)c1ccc(Cl)cc1. The van der Waals surface area contributed by atoms with Gasteiger partial charge in [-0.05, 0) is 36.2 Å². The maximum atomic E-state index is 10.7. The number of benzene rings is 2. The van der Waals surface area contributed by atoms with Crippen LogP contribution in [0.2, 0.25) is 5.02 Å². The molecule has 0 heterocycles. The first kappa shape index (κ1) is 15.9. The van der Waals surface area contributed by atoms with Crippen molar-refractivity contribution in [3.8, 4) is 0 Å². The highest BCUT2D eigenvalue weighted by molar-refractivity contribution is 9.10. The molecule has 0 radical (unpaired) electrons. The predicted octanol–water partition coefficient (Wildman–Crippen LogP) is 4.86. The molecule has 4 nitrogen and oxygen atoms in total.